The van der Waals surface area contributed by atoms with Gasteiger partial charge in [-0.1, -0.05) is 18.2 Å². The van der Waals surface area contributed by atoms with E-state index in [9.17, 15) is 0 Å². The molecule has 2 aliphatic heterocycles. The summed E-state index contributed by atoms with van der Waals surface area (Å²) in [7, 11) is 0. The summed E-state index contributed by atoms with van der Waals surface area (Å²) in [5.74, 6) is 0.851. The van der Waals surface area contributed by atoms with Crippen LogP contribution in [0.2, 0.25) is 0 Å². The van der Waals surface area contributed by atoms with Crippen molar-refractivity contribution in [1.29, 1.82) is 0 Å². The van der Waals surface area contributed by atoms with Crippen molar-refractivity contribution in [1.82, 2.24) is 10.3 Å². The van der Waals surface area contributed by atoms with Gasteiger partial charge < -0.3 is 5.32 Å². The van der Waals surface area contributed by atoms with Crippen LogP contribution in [0.1, 0.15) is 31.2 Å². The third kappa shape index (κ3) is 2.14. The van der Waals surface area contributed by atoms with Crippen LogP contribution in [0.3, 0.4) is 0 Å². The molecule has 2 saturated heterocycles. The first-order valence-electron chi connectivity index (χ1n) is 7.46. The molecule has 19 heavy (non-hydrogen) atoms. The Hall–Kier alpha value is -1.41. The Labute approximate surface area is 114 Å². The number of benzene rings is 1. The number of hydrogen-bond donors (Lipinski definition) is 1. The third-order valence-corrected chi connectivity index (χ3v) is 4.85. The van der Waals surface area contributed by atoms with Crippen molar-refractivity contribution in [2.45, 2.75) is 44.2 Å². The lowest BCUT2D eigenvalue weighted by molar-refractivity contribution is 0.299. The Bertz CT molecular complexity index is 575. The highest BCUT2D eigenvalue weighted by Gasteiger charge is 2.33. The maximum atomic E-state index is 4.30. The molecule has 2 fully saturated rings. The van der Waals surface area contributed by atoms with Crippen molar-refractivity contribution < 1.29 is 0 Å². The van der Waals surface area contributed by atoms with Crippen molar-refractivity contribution in [3.8, 4) is 0 Å². The minimum Gasteiger partial charge on any atom is -0.311 e. The Kier molecular flexibility index (Phi) is 2.77. The van der Waals surface area contributed by atoms with E-state index in [2.05, 4.69) is 34.6 Å². The van der Waals surface area contributed by atoms with E-state index in [4.69, 9.17) is 0 Å². The van der Waals surface area contributed by atoms with E-state index in [0.717, 1.165) is 18.0 Å². The summed E-state index contributed by atoms with van der Waals surface area (Å²) in [5.41, 5.74) is 1.48. The molecular formula is C17H20N2. The number of rotatable bonds is 2. The lowest BCUT2D eigenvalue weighted by Crippen LogP contribution is -2.38. The molecule has 0 amide bonds. The molecule has 0 aliphatic carbocycles. The average molecular weight is 252 g/mol. The van der Waals surface area contributed by atoms with Gasteiger partial charge in [0.15, 0.2) is 0 Å². The van der Waals surface area contributed by atoms with Crippen LogP contribution in [0.5, 0.6) is 0 Å². The fraction of sp³-hybridized carbons (Fsp3) is 0.471. The zero-order valence-corrected chi connectivity index (χ0v) is 11.2. The van der Waals surface area contributed by atoms with Crippen LogP contribution in [0.4, 0.5) is 0 Å². The molecule has 2 atom stereocenters. The maximum absolute atomic E-state index is 4.30. The van der Waals surface area contributed by atoms with E-state index in [-0.39, 0.29) is 0 Å². The van der Waals surface area contributed by atoms with E-state index < -0.39 is 0 Å². The van der Waals surface area contributed by atoms with Crippen molar-refractivity contribution in [3.05, 3.63) is 42.2 Å². The second-order valence-electron chi connectivity index (χ2n) is 6.19. The third-order valence-electron chi connectivity index (χ3n) is 4.85. The van der Waals surface area contributed by atoms with Crippen LogP contribution < -0.4 is 5.32 Å². The molecule has 2 bridgehead atoms. The predicted molar refractivity (Wildman–Crippen MR) is 78.1 cm³/mol. The molecule has 0 spiro atoms. The highest BCUT2D eigenvalue weighted by molar-refractivity contribution is 5.84. The van der Waals surface area contributed by atoms with Crippen molar-refractivity contribution in [2.75, 3.05) is 0 Å². The van der Waals surface area contributed by atoms with E-state index in [1.165, 1.54) is 48.4 Å². The van der Waals surface area contributed by atoms with Crippen molar-refractivity contribution >= 4 is 10.8 Å². The lowest BCUT2D eigenvalue weighted by atomic mass is 9.86. The fourth-order valence-corrected chi connectivity index (χ4v) is 4.01. The number of piperidine rings is 1. The summed E-state index contributed by atoms with van der Waals surface area (Å²) in [4.78, 5) is 4.30. The molecule has 98 valence electrons. The van der Waals surface area contributed by atoms with Gasteiger partial charge in [0.25, 0.3) is 0 Å². The fourth-order valence-electron chi connectivity index (χ4n) is 4.01. The molecule has 2 unspecified atom stereocenters. The molecule has 2 nitrogen and oxygen atoms in total. The zero-order valence-electron chi connectivity index (χ0n) is 11.2. The van der Waals surface area contributed by atoms with Crippen LogP contribution in [-0.4, -0.2) is 17.1 Å². The van der Waals surface area contributed by atoms with Crippen molar-refractivity contribution in [2.24, 2.45) is 5.92 Å². The first-order valence-corrected chi connectivity index (χ1v) is 7.46. The number of fused-ring (bicyclic) bond motifs is 3. The monoisotopic (exact) mass is 252 g/mol. The van der Waals surface area contributed by atoms with Gasteiger partial charge in [-0.05, 0) is 55.0 Å². The Morgan fingerprint density at radius 2 is 1.95 bits per heavy atom. The Balaban J connectivity index is 1.61. The van der Waals surface area contributed by atoms with E-state index in [1.807, 2.05) is 12.4 Å². The summed E-state index contributed by atoms with van der Waals surface area (Å²) >= 11 is 0. The van der Waals surface area contributed by atoms with Gasteiger partial charge in [0.2, 0.25) is 0 Å². The van der Waals surface area contributed by atoms with Crippen molar-refractivity contribution in [3.63, 3.8) is 0 Å². The van der Waals surface area contributed by atoms with Gasteiger partial charge in [-0.15, -0.1) is 0 Å². The van der Waals surface area contributed by atoms with Gasteiger partial charge in [0, 0.05) is 29.9 Å². The minimum absolute atomic E-state index is 0.789. The van der Waals surface area contributed by atoms with E-state index in [1.54, 1.807) is 0 Å². The van der Waals surface area contributed by atoms with Crippen LogP contribution >= 0.6 is 0 Å². The molecule has 1 aromatic heterocycles. The largest absolute Gasteiger partial charge is 0.311 e. The van der Waals surface area contributed by atoms with Crippen LogP contribution in [0.25, 0.3) is 10.8 Å². The summed E-state index contributed by atoms with van der Waals surface area (Å²) < 4.78 is 0. The standard InChI is InChI=1S/C17H20N2/c1-2-13-6-7-18-11-17(13)14(3-1)8-12-9-15-4-5-16(10-12)19-15/h1-3,6-7,11-12,15-16,19H,4-5,8-10H2. The summed E-state index contributed by atoms with van der Waals surface area (Å²) in [6.07, 6.45) is 10.6. The number of nitrogens with one attached hydrogen (secondary N) is 1. The number of nitrogens with zero attached hydrogens (tertiary/aromatic N) is 1. The summed E-state index contributed by atoms with van der Waals surface area (Å²) in [6, 6.07) is 10.4. The SMILES string of the molecule is c1cc(CC2CC3CCC(C2)N3)c2cnccc2c1. The minimum atomic E-state index is 0.789. The summed E-state index contributed by atoms with van der Waals surface area (Å²) in [6.45, 7) is 0. The molecule has 0 radical (unpaired) electrons. The first kappa shape index (κ1) is 11.4. The molecule has 2 aliphatic rings. The molecule has 0 saturated carbocycles. The molecular weight excluding hydrogens is 232 g/mol. The molecule has 4 rings (SSSR count). The second-order valence-corrected chi connectivity index (χ2v) is 6.19. The molecule has 3 heterocycles. The highest BCUT2D eigenvalue weighted by Crippen LogP contribution is 2.33. The normalized spacial score (nSPS) is 29.8. The Morgan fingerprint density at radius 1 is 1.11 bits per heavy atom. The van der Waals surface area contributed by atoms with Crippen LogP contribution in [0, 0.1) is 5.92 Å². The van der Waals surface area contributed by atoms with Crippen LogP contribution in [0.15, 0.2) is 36.7 Å². The highest BCUT2D eigenvalue weighted by atomic mass is 15.0. The topological polar surface area (TPSA) is 24.9 Å². The van der Waals surface area contributed by atoms with Crippen LogP contribution in [-0.2, 0) is 6.42 Å². The number of aromatic nitrogens is 1. The molecule has 2 aromatic rings. The lowest BCUT2D eigenvalue weighted by Gasteiger charge is -2.29. The van der Waals surface area contributed by atoms with Gasteiger partial charge in [0.1, 0.15) is 0 Å². The number of hydrogen-bond acceptors (Lipinski definition) is 2. The van der Waals surface area contributed by atoms with E-state index >= 15 is 0 Å². The Morgan fingerprint density at radius 3 is 2.79 bits per heavy atom. The number of pyridine rings is 1. The smallest absolute Gasteiger partial charge is 0.0349 e. The van der Waals surface area contributed by atoms with Gasteiger partial charge >= 0.3 is 0 Å². The van der Waals surface area contributed by atoms with Gasteiger partial charge in [-0.3, -0.25) is 4.98 Å². The maximum Gasteiger partial charge on any atom is 0.0349 e. The predicted octanol–water partition coefficient (Wildman–Crippen LogP) is 3.31. The van der Waals surface area contributed by atoms with Gasteiger partial charge in [-0.25, -0.2) is 0 Å². The average Bonchev–Trinajstić information content (AvgIpc) is 2.78. The second kappa shape index (κ2) is 4.61. The molecule has 1 N–H and O–H groups in total. The quantitative estimate of drug-likeness (QED) is 0.887. The molecule has 2 heteroatoms. The van der Waals surface area contributed by atoms with Gasteiger partial charge in [0.05, 0.1) is 0 Å². The van der Waals surface area contributed by atoms with E-state index in [0.29, 0.717) is 0 Å². The first-order chi connectivity index (χ1) is 9.38. The zero-order chi connectivity index (χ0) is 12.7. The molecule has 1 aromatic carbocycles. The van der Waals surface area contributed by atoms with Gasteiger partial charge in [-0.2, -0.15) is 0 Å². The summed E-state index contributed by atoms with van der Waals surface area (Å²) in [5, 5.41) is 6.40.